The average molecular weight is 883 g/mol. The van der Waals surface area contributed by atoms with Gasteiger partial charge in [0.25, 0.3) is 0 Å². The number of fused-ring (bicyclic) bond motifs is 9. The van der Waals surface area contributed by atoms with E-state index >= 15 is 0 Å². The van der Waals surface area contributed by atoms with Crippen molar-refractivity contribution in [2.45, 2.75) is 0 Å². The van der Waals surface area contributed by atoms with Gasteiger partial charge < -0.3 is 13.4 Å². The molecule has 0 amide bonds. The van der Waals surface area contributed by atoms with Gasteiger partial charge in [-0.15, -0.1) is 0 Å². The van der Waals surface area contributed by atoms with Crippen molar-refractivity contribution < 1.29 is 8.83 Å². The standard InChI is InChI=1S/C63H38N4O2/c1-4-16-39(17-5-1)42-29-32-55-52(34-42)46-22-10-13-25-54(46)67(55)60-50(40-18-6-2-7-19-40)36-45(37-51(60)41-20-8-3-9-21-41)63-65-61(43-30-33-58-53(35-43)48-24-12-15-27-57(48)68-58)64-62(66-63)44-28-31-49-47-23-11-14-26-56(47)69-59(49)38-44/h1-38H. The number of hydrogen-bond acceptors (Lipinski definition) is 5. The van der Waals surface area contributed by atoms with Crippen LogP contribution in [-0.4, -0.2) is 19.5 Å². The maximum atomic E-state index is 6.41. The molecule has 10 aromatic carbocycles. The lowest BCUT2D eigenvalue weighted by atomic mass is 9.92. The van der Waals surface area contributed by atoms with Gasteiger partial charge >= 0.3 is 0 Å². The number of para-hydroxylation sites is 3. The number of nitrogens with zero attached hydrogens (tertiary/aromatic N) is 4. The van der Waals surface area contributed by atoms with Crippen LogP contribution in [0.4, 0.5) is 0 Å². The van der Waals surface area contributed by atoms with Crippen LogP contribution in [0.15, 0.2) is 239 Å². The summed E-state index contributed by atoms with van der Waals surface area (Å²) in [4.78, 5) is 16.0. The molecule has 0 N–H and O–H groups in total. The molecule has 0 aliphatic carbocycles. The normalized spacial score (nSPS) is 11.8. The largest absolute Gasteiger partial charge is 0.456 e. The van der Waals surface area contributed by atoms with E-state index in [1.165, 1.54) is 21.9 Å². The van der Waals surface area contributed by atoms with Crippen molar-refractivity contribution in [3.05, 3.63) is 231 Å². The second kappa shape index (κ2) is 15.6. The summed E-state index contributed by atoms with van der Waals surface area (Å²) in [5, 5.41) is 6.51. The molecule has 0 saturated heterocycles. The van der Waals surface area contributed by atoms with E-state index < -0.39 is 0 Å². The molecule has 0 spiro atoms. The molecule has 6 heteroatoms. The zero-order valence-corrected chi connectivity index (χ0v) is 37.0. The Balaban J connectivity index is 1.05. The first-order valence-electron chi connectivity index (χ1n) is 23.2. The first kappa shape index (κ1) is 38.8. The second-order valence-corrected chi connectivity index (χ2v) is 17.5. The number of aromatic nitrogens is 4. The highest BCUT2D eigenvalue weighted by molar-refractivity contribution is 6.12. The Morgan fingerprint density at radius 2 is 0.710 bits per heavy atom. The Hall–Kier alpha value is -9.39. The minimum absolute atomic E-state index is 0.540. The van der Waals surface area contributed by atoms with Crippen LogP contribution in [0.25, 0.3) is 139 Å². The number of hydrogen-bond donors (Lipinski definition) is 0. The fraction of sp³-hybridized carbons (Fsp3) is 0. The van der Waals surface area contributed by atoms with E-state index in [2.05, 4.69) is 180 Å². The summed E-state index contributed by atoms with van der Waals surface area (Å²) >= 11 is 0. The van der Waals surface area contributed by atoms with Crippen molar-refractivity contribution in [2.24, 2.45) is 0 Å². The predicted molar refractivity (Wildman–Crippen MR) is 281 cm³/mol. The van der Waals surface area contributed by atoms with E-state index in [0.717, 1.165) is 99.5 Å². The quantitative estimate of drug-likeness (QED) is 0.159. The third-order valence-corrected chi connectivity index (χ3v) is 13.4. The maximum absolute atomic E-state index is 6.41. The first-order valence-corrected chi connectivity index (χ1v) is 23.2. The second-order valence-electron chi connectivity index (χ2n) is 17.5. The van der Waals surface area contributed by atoms with E-state index in [0.29, 0.717) is 17.5 Å². The molecule has 0 fully saturated rings. The zero-order chi connectivity index (χ0) is 45.4. The molecule has 0 aliphatic rings. The molecule has 0 atom stereocenters. The summed E-state index contributed by atoms with van der Waals surface area (Å²) in [6.07, 6.45) is 0. The summed E-state index contributed by atoms with van der Waals surface area (Å²) in [7, 11) is 0. The molecule has 0 bridgehead atoms. The molecule has 0 saturated carbocycles. The SMILES string of the molecule is c1ccc(-c2ccc3c(c2)c2ccccc2n3-c2c(-c3ccccc3)cc(-c3nc(-c4ccc5c(c4)oc4ccccc45)nc(-c4ccc5oc6ccccc6c5c4)n3)cc2-c2ccccc2)cc1. The predicted octanol–water partition coefficient (Wildman–Crippen LogP) is 16.8. The van der Waals surface area contributed by atoms with Gasteiger partial charge in [0, 0.05) is 60.1 Å². The molecule has 14 aromatic rings. The third kappa shape index (κ3) is 6.45. The van der Waals surface area contributed by atoms with Crippen LogP contribution >= 0.6 is 0 Å². The topological polar surface area (TPSA) is 69.9 Å². The molecule has 0 radical (unpaired) electrons. The summed E-state index contributed by atoms with van der Waals surface area (Å²) in [5.41, 5.74) is 15.7. The van der Waals surface area contributed by atoms with Crippen LogP contribution < -0.4 is 0 Å². The highest BCUT2D eigenvalue weighted by atomic mass is 16.3. The summed E-state index contributed by atoms with van der Waals surface area (Å²) in [5.74, 6) is 1.64. The summed E-state index contributed by atoms with van der Waals surface area (Å²) < 4.78 is 15.1. The van der Waals surface area contributed by atoms with Gasteiger partial charge in [0.2, 0.25) is 0 Å². The zero-order valence-electron chi connectivity index (χ0n) is 37.0. The molecule has 0 unspecified atom stereocenters. The third-order valence-electron chi connectivity index (χ3n) is 13.4. The molecule has 4 aromatic heterocycles. The molecule has 14 rings (SSSR count). The smallest absolute Gasteiger partial charge is 0.164 e. The Kier molecular flexibility index (Phi) is 8.79. The monoisotopic (exact) mass is 882 g/mol. The molecule has 0 aliphatic heterocycles. The van der Waals surface area contributed by atoms with Crippen molar-refractivity contribution in [2.75, 3.05) is 0 Å². The highest BCUT2D eigenvalue weighted by Crippen LogP contribution is 2.45. The summed E-state index contributed by atoms with van der Waals surface area (Å²) in [6.45, 7) is 0. The number of benzene rings is 10. The molecule has 4 heterocycles. The molecular formula is C63H38N4O2. The maximum Gasteiger partial charge on any atom is 0.164 e. The van der Waals surface area contributed by atoms with E-state index in [9.17, 15) is 0 Å². The lowest BCUT2D eigenvalue weighted by Crippen LogP contribution is -2.04. The fourth-order valence-corrected chi connectivity index (χ4v) is 10.2. The number of furan rings is 2. The summed E-state index contributed by atoms with van der Waals surface area (Å²) in [6, 6.07) is 80.7. The lowest BCUT2D eigenvalue weighted by Gasteiger charge is -2.21. The molecule has 322 valence electrons. The van der Waals surface area contributed by atoms with E-state index in [1.807, 2.05) is 54.6 Å². The minimum atomic E-state index is 0.540. The van der Waals surface area contributed by atoms with Gasteiger partial charge in [-0.25, -0.2) is 15.0 Å². The average Bonchev–Trinajstić information content (AvgIpc) is 4.10. The van der Waals surface area contributed by atoms with Crippen molar-refractivity contribution in [3.8, 4) is 73.2 Å². The Bertz CT molecular complexity index is 4240. The van der Waals surface area contributed by atoms with E-state index in [4.69, 9.17) is 23.8 Å². The van der Waals surface area contributed by atoms with Gasteiger partial charge in [0.15, 0.2) is 17.5 Å². The van der Waals surface area contributed by atoms with Crippen LogP contribution in [0.1, 0.15) is 0 Å². The van der Waals surface area contributed by atoms with E-state index in [-0.39, 0.29) is 0 Å². The van der Waals surface area contributed by atoms with Crippen molar-refractivity contribution in [1.82, 2.24) is 19.5 Å². The van der Waals surface area contributed by atoms with E-state index in [1.54, 1.807) is 0 Å². The van der Waals surface area contributed by atoms with Gasteiger partial charge in [-0.2, -0.15) is 0 Å². The van der Waals surface area contributed by atoms with Crippen molar-refractivity contribution in [1.29, 1.82) is 0 Å². The lowest BCUT2D eigenvalue weighted by molar-refractivity contribution is 0.668. The Morgan fingerprint density at radius 3 is 1.38 bits per heavy atom. The van der Waals surface area contributed by atoms with Crippen LogP contribution in [0.2, 0.25) is 0 Å². The van der Waals surface area contributed by atoms with Crippen LogP contribution in [0.5, 0.6) is 0 Å². The number of rotatable bonds is 7. The van der Waals surface area contributed by atoms with Crippen LogP contribution in [-0.2, 0) is 0 Å². The van der Waals surface area contributed by atoms with Crippen molar-refractivity contribution in [3.63, 3.8) is 0 Å². The Labute approximate surface area is 396 Å². The van der Waals surface area contributed by atoms with Gasteiger partial charge in [-0.3, -0.25) is 0 Å². The Morgan fingerprint density at radius 1 is 0.261 bits per heavy atom. The molecule has 69 heavy (non-hydrogen) atoms. The fourth-order valence-electron chi connectivity index (χ4n) is 10.2. The van der Waals surface area contributed by atoms with Gasteiger partial charge in [-0.05, 0) is 95.1 Å². The van der Waals surface area contributed by atoms with Gasteiger partial charge in [0.05, 0.1) is 16.7 Å². The minimum Gasteiger partial charge on any atom is -0.456 e. The molecule has 6 nitrogen and oxygen atoms in total. The van der Waals surface area contributed by atoms with Gasteiger partial charge in [0.1, 0.15) is 22.3 Å². The molecular weight excluding hydrogens is 845 g/mol. The van der Waals surface area contributed by atoms with Crippen molar-refractivity contribution >= 4 is 65.7 Å². The van der Waals surface area contributed by atoms with Crippen LogP contribution in [0, 0.1) is 0 Å². The van der Waals surface area contributed by atoms with Gasteiger partial charge in [-0.1, -0.05) is 158 Å². The first-order chi connectivity index (χ1) is 34.2. The highest BCUT2D eigenvalue weighted by Gasteiger charge is 2.24. The van der Waals surface area contributed by atoms with Crippen LogP contribution in [0.3, 0.4) is 0 Å².